The molecule has 0 radical (unpaired) electrons. The van der Waals surface area contributed by atoms with Crippen LogP contribution in [0, 0.1) is 11.8 Å². The molecular formula is C26H31N3O. The summed E-state index contributed by atoms with van der Waals surface area (Å²) in [7, 11) is 2.15. The Labute approximate surface area is 178 Å². The van der Waals surface area contributed by atoms with Gasteiger partial charge in [-0.1, -0.05) is 48.5 Å². The van der Waals surface area contributed by atoms with E-state index in [1.54, 1.807) is 0 Å². The van der Waals surface area contributed by atoms with Crippen molar-refractivity contribution in [3.8, 4) is 0 Å². The summed E-state index contributed by atoms with van der Waals surface area (Å²) in [6.45, 7) is 1.85. The zero-order valence-electron chi connectivity index (χ0n) is 17.7. The van der Waals surface area contributed by atoms with Gasteiger partial charge in [-0.15, -0.1) is 0 Å². The molecule has 30 heavy (non-hydrogen) atoms. The summed E-state index contributed by atoms with van der Waals surface area (Å²) >= 11 is 0. The summed E-state index contributed by atoms with van der Waals surface area (Å²) in [5.41, 5.74) is 4.36. The maximum atomic E-state index is 11.5. The number of H-pyrrole nitrogens is 1. The van der Waals surface area contributed by atoms with E-state index in [0.29, 0.717) is 5.92 Å². The Hall–Kier alpha value is -2.43. The van der Waals surface area contributed by atoms with Crippen LogP contribution in [0.1, 0.15) is 37.1 Å². The highest BCUT2D eigenvalue weighted by molar-refractivity contribution is 5.74. The molecule has 6 rings (SSSR count). The average molecular weight is 402 g/mol. The number of benzene rings is 2. The standard InChI is InChI=1S/C26H31N3O/c1-29(15-13-25-27-23-9-5-6-10-24(23)28-25)16-14-26(30)18-20-11-12-21(26)17-22(20)19-7-3-2-4-8-19/h2-10,17,20-21,30H,11-16,18H2,1H3,(H,27,28). The molecule has 1 heterocycles. The highest BCUT2D eigenvalue weighted by Gasteiger charge is 2.46. The highest BCUT2D eigenvalue weighted by atomic mass is 16.3. The van der Waals surface area contributed by atoms with Crippen LogP contribution in [0.15, 0.2) is 60.7 Å². The van der Waals surface area contributed by atoms with Crippen LogP contribution in [0.4, 0.5) is 0 Å². The van der Waals surface area contributed by atoms with E-state index in [-0.39, 0.29) is 5.92 Å². The summed E-state index contributed by atoms with van der Waals surface area (Å²) in [4.78, 5) is 10.4. The van der Waals surface area contributed by atoms with Gasteiger partial charge in [0.25, 0.3) is 0 Å². The number of nitrogens with zero attached hydrogens (tertiary/aromatic N) is 2. The maximum Gasteiger partial charge on any atom is 0.108 e. The Bertz CT molecular complexity index is 1010. The van der Waals surface area contributed by atoms with Gasteiger partial charge in [0, 0.05) is 25.4 Å². The van der Waals surface area contributed by atoms with Gasteiger partial charge in [-0.2, -0.15) is 0 Å². The van der Waals surface area contributed by atoms with Crippen molar-refractivity contribution >= 4 is 16.6 Å². The molecule has 2 aromatic carbocycles. The lowest BCUT2D eigenvalue weighted by molar-refractivity contribution is -0.0574. The summed E-state index contributed by atoms with van der Waals surface area (Å²) in [5.74, 6) is 1.80. The number of likely N-dealkylation sites (N-methyl/N-ethyl adjacent to an activating group) is 1. The summed E-state index contributed by atoms with van der Waals surface area (Å²) in [5, 5.41) is 11.5. The fraction of sp³-hybridized carbons (Fsp3) is 0.423. The van der Waals surface area contributed by atoms with E-state index in [0.717, 1.165) is 55.6 Å². The quantitative estimate of drug-likeness (QED) is 0.605. The zero-order chi connectivity index (χ0) is 20.6. The molecule has 1 fully saturated rings. The Morgan fingerprint density at radius 2 is 1.87 bits per heavy atom. The second-order valence-electron chi connectivity index (χ2n) is 9.18. The molecular weight excluding hydrogens is 370 g/mol. The van der Waals surface area contributed by atoms with Gasteiger partial charge in [-0.3, -0.25) is 0 Å². The van der Waals surface area contributed by atoms with Gasteiger partial charge < -0.3 is 15.0 Å². The molecule has 3 unspecified atom stereocenters. The summed E-state index contributed by atoms with van der Waals surface area (Å²) in [6.07, 6.45) is 7.32. The maximum absolute atomic E-state index is 11.5. The summed E-state index contributed by atoms with van der Waals surface area (Å²) < 4.78 is 0. The molecule has 0 spiro atoms. The molecule has 3 atom stereocenters. The van der Waals surface area contributed by atoms with Crippen LogP contribution in [-0.2, 0) is 6.42 Å². The minimum Gasteiger partial charge on any atom is -0.389 e. The van der Waals surface area contributed by atoms with Crippen molar-refractivity contribution in [2.24, 2.45) is 11.8 Å². The number of aromatic nitrogens is 2. The lowest BCUT2D eigenvalue weighted by Gasteiger charge is -2.48. The van der Waals surface area contributed by atoms with E-state index in [9.17, 15) is 5.11 Å². The number of allylic oxidation sites excluding steroid dienone is 1. The normalized spacial score (nSPS) is 25.8. The first-order valence-electron chi connectivity index (χ1n) is 11.2. The molecule has 0 aliphatic heterocycles. The Kier molecular flexibility index (Phi) is 5.21. The first-order valence-corrected chi connectivity index (χ1v) is 11.2. The van der Waals surface area contributed by atoms with E-state index >= 15 is 0 Å². The number of para-hydroxylation sites is 2. The van der Waals surface area contributed by atoms with Crippen LogP contribution < -0.4 is 0 Å². The van der Waals surface area contributed by atoms with Crippen molar-refractivity contribution < 1.29 is 5.11 Å². The molecule has 1 saturated carbocycles. The summed E-state index contributed by atoms with van der Waals surface area (Å²) in [6, 6.07) is 18.9. The second-order valence-corrected chi connectivity index (χ2v) is 9.18. The number of imidazole rings is 1. The van der Waals surface area contributed by atoms with Gasteiger partial charge in [0.1, 0.15) is 5.82 Å². The second kappa shape index (κ2) is 8.01. The van der Waals surface area contributed by atoms with Crippen molar-refractivity contribution in [1.82, 2.24) is 14.9 Å². The number of nitrogens with one attached hydrogen (secondary N) is 1. The minimum absolute atomic E-state index is 0.279. The minimum atomic E-state index is -0.561. The number of hydrogen-bond donors (Lipinski definition) is 2. The van der Waals surface area contributed by atoms with Crippen LogP contribution in [0.3, 0.4) is 0 Å². The number of aromatic amines is 1. The first-order chi connectivity index (χ1) is 14.6. The monoisotopic (exact) mass is 401 g/mol. The predicted octanol–water partition coefficient (Wildman–Crippen LogP) is 4.67. The molecule has 1 aromatic heterocycles. The number of aliphatic hydroxyl groups is 1. The Balaban J connectivity index is 1.18. The molecule has 3 aromatic rings. The number of hydrogen-bond acceptors (Lipinski definition) is 3. The molecule has 2 N–H and O–H groups in total. The van der Waals surface area contributed by atoms with Gasteiger partial charge in [-0.05, 0) is 61.9 Å². The van der Waals surface area contributed by atoms with Crippen LogP contribution >= 0.6 is 0 Å². The molecule has 2 bridgehead atoms. The smallest absolute Gasteiger partial charge is 0.108 e. The lowest BCUT2D eigenvalue weighted by atomic mass is 9.61. The lowest BCUT2D eigenvalue weighted by Crippen LogP contribution is -2.48. The third-order valence-electron chi connectivity index (χ3n) is 7.14. The zero-order valence-corrected chi connectivity index (χ0v) is 17.7. The highest BCUT2D eigenvalue weighted by Crippen LogP contribution is 2.51. The third-order valence-corrected chi connectivity index (χ3v) is 7.14. The Morgan fingerprint density at radius 1 is 1.07 bits per heavy atom. The van der Waals surface area contributed by atoms with E-state index in [4.69, 9.17) is 0 Å². The molecule has 3 aliphatic rings. The van der Waals surface area contributed by atoms with Crippen molar-refractivity contribution in [1.29, 1.82) is 0 Å². The van der Waals surface area contributed by atoms with Crippen molar-refractivity contribution in [3.63, 3.8) is 0 Å². The molecule has 4 nitrogen and oxygen atoms in total. The van der Waals surface area contributed by atoms with Crippen molar-refractivity contribution in [2.75, 3.05) is 20.1 Å². The molecule has 0 saturated heterocycles. The SMILES string of the molecule is CN(CCc1nc2ccccc2[nH]1)CCC1(O)CC2CCC1C=C2c1ccccc1. The van der Waals surface area contributed by atoms with E-state index in [1.165, 1.54) is 17.6 Å². The molecule has 0 amide bonds. The third kappa shape index (κ3) is 3.82. The van der Waals surface area contributed by atoms with E-state index in [1.807, 2.05) is 18.2 Å². The molecule has 4 heteroatoms. The Morgan fingerprint density at radius 3 is 2.63 bits per heavy atom. The largest absolute Gasteiger partial charge is 0.389 e. The fourth-order valence-electron chi connectivity index (χ4n) is 5.35. The predicted molar refractivity (Wildman–Crippen MR) is 122 cm³/mol. The molecule has 156 valence electrons. The van der Waals surface area contributed by atoms with Crippen LogP contribution in [0.25, 0.3) is 16.6 Å². The number of rotatable bonds is 7. The van der Waals surface area contributed by atoms with E-state index in [2.05, 4.69) is 64.4 Å². The first kappa shape index (κ1) is 19.5. The topological polar surface area (TPSA) is 52.2 Å². The molecule has 3 aliphatic carbocycles. The van der Waals surface area contributed by atoms with Gasteiger partial charge in [-0.25, -0.2) is 4.98 Å². The van der Waals surface area contributed by atoms with Crippen molar-refractivity contribution in [3.05, 3.63) is 72.1 Å². The van der Waals surface area contributed by atoms with Gasteiger partial charge in [0.15, 0.2) is 0 Å². The van der Waals surface area contributed by atoms with Gasteiger partial charge in [0.05, 0.1) is 16.6 Å². The van der Waals surface area contributed by atoms with Gasteiger partial charge in [0.2, 0.25) is 0 Å². The van der Waals surface area contributed by atoms with Crippen LogP contribution in [0.2, 0.25) is 0 Å². The average Bonchev–Trinajstić information content (AvgIpc) is 3.20. The van der Waals surface area contributed by atoms with Crippen LogP contribution in [-0.4, -0.2) is 45.7 Å². The van der Waals surface area contributed by atoms with Gasteiger partial charge >= 0.3 is 0 Å². The van der Waals surface area contributed by atoms with E-state index < -0.39 is 5.60 Å². The fourth-order valence-corrected chi connectivity index (χ4v) is 5.35. The van der Waals surface area contributed by atoms with Crippen molar-refractivity contribution in [2.45, 2.75) is 37.7 Å². The van der Waals surface area contributed by atoms with Crippen LogP contribution in [0.5, 0.6) is 0 Å². The number of fused-ring (bicyclic) bond motifs is 3.